The van der Waals surface area contributed by atoms with Crippen molar-refractivity contribution in [1.82, 2.24) is 10.2 Å². The molecule has 0 radical (unpaired) electrons. The SMILES string of the molecule is CC(C)(C)NC(=O)C1CCCN(C(=O)O)C1. The van der Waals surface area contributed by atoms with Crippen LogP contribution in [-0.2, 0) is 4.79 Å². The molecule has 1 rings (SSSR count). The van der Waals surface area contributed by atoms with Gasteiger partial charge < -0.3 is 15.3 Å². The van der Waals surface area contributed by atoms with Gasteiger partial charge in [0.15, 0.2) is 0 Å². The fourth-order valence-electron chi connectivity index (χ4n) is 1.84. The topological polar surface area (TPSA) is 69.6 Å². The van der Waals surface area contributed by atoms with E-state index in [1.807, 2.05) is 20.8 Å². The van der Waals surface area contributed by atoms with Crippen LogP contribution in [0.2, 0.25) is 0 Å². The summed E-state index contributed by atoms with van der Waals surface area (Å²) in [6.07, 6.45) is 0.591. The number of likely N-dealkylation sites (tertiary alicyclic amines) is 1. The van der Waals surface area contributed by atoms with E-state index in [0.717, 1.165) is 12.8 Å². The van der Waals surface area contributed by atoms with Gasteiger partial charge in [-0.1, -0.05) is 0 Å². The van der Waals surface area contributed by atoms with Crippen LogP contribution in [0, 0.1) is 5.92 Å². The van der Waals surface area contributed by atoms with Crippen LogP contribution < -0.4 is 5.32 Å². The Morgan fingerprint density at radius 1 is 1.38 bits per heavy atom. The number of carbonyl (C=O) groups excluding carboxylic acids is 1. The van der Waals surface area contributed by atoms with E-state index in [0.29, 0.717) is 13.1 Å². The molecular weight excluding hydrogens is 208 g/mol. The van der Waals surface area contributed by atoms with E-state index in [1.165, 1.54) is 4.90 Å². The highest BCUT2D eigenvalue weighted by atomic mass is 16.4. The number of rotatable bonds is 1. The number of hydrogen-bond acceptors (Lipinski definition) is 2. The fourth-order valence-corrected chi connectivity index (χ4v) is 1.84. The third-order valence-electron chi connectivity index (χ3n) is 2.56. The first-order valence-corrected chi connectivity index (χ1v) is 5.59. The van der Waals surface area contributed by atoms with E-state index in [-0.39, 0.29) is 17.4 Å². The lowest BCUT2D eigenvalue weighted by molar-refractivity contribution is -0.127. The van der Waals surface area contributed by atoms with Crippen molar-refractivity contribution in [1.29, 1.82) is 0 Å². The number of carbonyl (C=O) groups is 2. The zero-order chi connectivity index (χ0) is 12.3. The Labute approximate surface area is 95.8 Å². The highest BCUT2D eigenvalue weighted by Crippen LogP contribution is 2.17. The highest BCUT2D eigenvalue weighted by molar-refractivity contribution is 5.80. The Morgan fingerprint density at radius 2 is 2.00 bits per heavy atom. The first-order chi connectivity index (χ1) is 7.29. The van der Waals surface area contributed by atoms with Crippen LogP contribution in [-0.4, -0.2) is 40.6 Å². The molecule has 1 fully saturated rings. The molecule has 5 nitrogen and oxygen atoms in total. The van der Waals surface area contributed by atoms with Gasteiger partial charge in [0, 0.05) is 18.6 Å². The van der Waals surface area contributed by atoms with Crippen LogP contribution in [0.4, 0.5) is 4.79 Å². The molecule has 0 spiro atoms. The van der Waals surface area contributed by atoms with Gasteiger partial charge in [0.1, 0.15) is 0 Å². The van der Waals surface area contributed by atoms with E-state index in [1.54, 1.807) is 0 Å². The largest absolute Gasteiger partial charge is 0.465 e. The molecule has 2 N–H and O–H groups in total. The molecule has 2 amide bonds. The summed E-state index contributed by atoms with van der Waals surface area (Å²) >= 11 is 0. The Balaban J connectivity index is 2.54. The van der Waals surface area contributed by atoms with Gasteiger partial charge in [-0.25, -0.2) is 4.79 Å². The van der Waals surface area contributed by atoms with Gasteiger partial charge in [-0.15, -0.1) is 0 Å². The summed E-state index contributed by atoms with van der Waals surface area (Å²) in [5.74, 6) is -0.248. The van der Waals surface area contributed by atoms with E-state index in [4.69, 9.17) is 5.11 Å². The summed E-state index contributed by atoms with van der Waals surface area (Å²) in [6, 6.07) is 0. The molecule has 0 aromatic rings. The smallest absolute Gasteiger partial charge is 0.407 e. The van der Waals surface area contributed by atoms with Crippen molar-refractivity contribution >= 4 is 12.0 Å². The number of carboxylic acid groups (broad SMARTS) is 1. The van der Waals surface area contributed by atoms with Crippen molar-refractivity contribution in [3.63, 3.8) is 0 Å². The van der Waals surface area contributed by atoms with E-state index < -0.39 is 6.09 Å². The molecule has 0 bridgehead atoms. The number of nitrogens with one attached hydrogen (secondary N) is 1. The molecule has 92 valence electrons. The molecule has 1 unspecified atom stereocenters. The maximum Gasteiger partial charge on any atom is 0.407 e. The monoisotopic (exact) mass is 228 g/mol. The standard InChI is InChI=1S/C11H20N2O3/c1-11(2,3)12-9(14)8-5-4-6-13(7-8)10(15)16/h8H,4-7H2,1-3H3,(H,12,14)(H,15,16). The van der Waals surface area contributed by atoms with Crippen LogP contribution in [0.15, 0.2) is 0 Å². The van der Waals surface area contributed by atoms with Crippen LogP contribution in [0.5, 0.6) is 0 Å². The van der Waals surface area contributed by atoms with Crippen molar-refractivity contribution in [2.24, 2.45) is 5.92 Å². The van der Waals surface area contributed by atoms with Gasteiger partial charge in [-0.2, -0.15) is 0 Å². The Kier molecular flexibility index (Phi) is 3.78. The highest BCUT2D eigenvalue weighted by Gasteiger charge is 2.29. The molecule has 0 aromatic carbocycles. The van der Waals surface area contributed by atoms with Crippen molar-refractivity contribution in [2.45, 2.75) is 39.2 Å². The molecule has 0 aliphatic carbocycles. The molecular formula is C11H20N2O3. The van der Waals surface area contributed by atoms with E-state index in [2.05, 4.69) is 5.32 Å². The quantitative estimate of drug-likeness (QED) is 0.710. The van der Waals surface area contributed by atoms with E-state index in [9.17, 15) is 9.59 Å². The second kappa shape index (κ2) is 4.72. The fraction of sp³-hybridized carbons (Fsp3) is 0.818. The maximum atomic E-state index is 11.9. The first kappa shape index (κ1) is 12.8. The molecule has 0 saturated carbocycles. The molecule has 1 atom stereocenters. The van der Waals surface area contributed by atoms with Crippen LogP contribution in [0.1, 0.15) is 33.6 Å². The summed E-state index contributed by atoms with van der Waals surface area (Å²) in [5.41, 5.74) is -0.261. The Morgan fingerprint density at radius 3 is 2.50 bits per heavy atom. The van der Waals surface area contributed by atoms with Gasteiger partial charge in [0.2, 0.25) is 5.91 Å². The number of piperidine rings is 1. The van der Waals surface area contributed by atoms with Crippen LogP contribution in [0.25, 0.3) is 0 Å². The van der Waals surface area contributed by atoms with Gasteiger partial charge in [0.05, 0.1) is 5.92 Å². The lowest BCUT2D eigenvalue weighted by atomic mass is 9.96. The second-order valence-electron chi connectivity index (χ2n) is 5.31. The molecule has 1 heterocycles. The summed E-state index contributed by atoms with van der Waals surface area (Å²) in [7, 11) is 0. The normalized spacial score (nSPS) is 21.7. The number of amides is 2. The number of nitrogens with zero attached hydrogens (tertiary/aromatic N) is 1. The average molecular weight is 228 g/mol. The average Bonchev–Trinajstić information content (AvgIpc) is 2.15. The Bertz CT molecular complexity index is 283. The molecule has 5 heteroatoms. The summed E-state index contributed by atoms with van der Waals surface area (Å²) in [5, 5.41) is 11.8. The minimum Gasteiger partial charge on any atom is -0.465 e. The molecule has 1 aliphatic heterocycles. The number of hydrogen-bond donors (Lipinski definition) is 2. The second-order valence-corrected chi connectivity index (χ2v) is 5.31. The van der Waals surface area contributed by atoms with Crippen molar-refractivity contribution < 1.29 is 14.7 Å². The van der Waals surface area contributed by atoms with E-state index >= 15 is 0 Å². The zero-order valence-electron chi connectivity index (χ0n) is 10.1. The zero-order valence-corrected chi connectivity index (χ0v) is 10.1. The first-order valence-electron chi connectivity index (χ1n) is 5.59. The molecule has 1 aliphatic rings. The molecule has 1 saturated heterocycles. The van der Waals surface area contributed by atoms with Crippen molar-refractivity contribution in [3.8, 4) is 0 Å². The van der Waals surface area contributed by atoms with Crippen LogP contribution in [0.3, 0.4) is 0 Å². The minimum absolute atomic E-state index is 0.0431. The third kappa shape index (κ3) is 3.72. The minimum atomic E-state index is -0.937. The predicted octanol–water partition coefficient (Wildman–Crippen LogP) is 1.29. The van der Waals surface area contributed by atoms with Gasteiger partial charge in [-0.3, -0.25) is 4.79 Å². The summed E-state index contributed by atoms with van der Waals surface area (Å²) in [6.45, 7) is 6.61. The van der Waals surface area contributed by atoms with Gasteiger partial charge >= 0.3 is 6.09 Å². The molecule has 16 heavy (non-hydrogen) atoms. The van der Waals surface area contributed by atoms with Gasteiger partial charge in [0.25, 0.3) is 0 Å². The van der Waals surface area contributed by atoms with Crippen molar-refractivity contribution in [2.75, 3.05) is 13.1 Å². The summed E-state index contributed by atoms with van der Waals surface area (Å²) < 4.78 is 0. The molecule has 0 aromatic heterocycles. The van der Waals surface area contributed by atoms with Gasteiger partial charge in [-0.05, 0) is 33.6 Å². The lowest BCUT2D eigenvalue weighted by Gasteiger charge is -2.32. The van der Waals surface area contributed by atoms with Crippen molar-refractivity contribution in [3.05, 3.63) is 0 Å². The third-order valence-corrected chi connectivity index (χ3v) is 2.56. The summed E-state index contributed by atoms with van der Waals surface area (Å²) in [4.78, 5) is 24.0. The Hall–Kier alpha value is -1.26. The van der Waals surface area contributed by atoms with Crippen LogP contribution >= 0.6 is 0 Å². The lowest BCUT2D eigenvalue weighted by Crippen LogP contribution is -2.49. The maximum absolute atomic E-state index is 11.9. The predicted molar refractivity (Wildman–Crippen MR) is 60.2 cm³/mol.